The number of carbonyl (C=O) groups excluding carboxylic acids is 1. The SMILES string of the molecule is C=C(C)CN(C)C(=O)c1cccc2c1OCCN2. The molecule has 0 atom stereocenters. The van der Waals surface area contributed by atoms with Crippen LogP contribution in [0.25, 0.3) is 0 Å². The zero-order valence-electron chi connectivity index (χ0n) is 10.8. The molecule has 0 unspecified atom stereocenters. The van der Waals surface area contributed by atoms with Gasteiger partial charge < -0.3 is 15.0 Å². The van der Waals surface area contributed by atoms with Crippen molar-refractivity contribution in [2.24, 2.45) is 0 Å². The van der Waals surface area contributed by atoms with Crippen LogP contribution in [0.5, 0.6) is 5.75 Å². The summed E-state index contributed by atoms with van der Waals surface area (Å²) in [4.78, 5) is 14.0. The van der Waals surface area contributed by atoms with Crippen LogP contribution in [-0.4, -0.2) is 37.6 Å². The van der Waals surface area contributed by atoms with Gasteiger partial charge in [0.25, 0.3) is 5.91 Å². The van der Waals surface area contributed by atoms with Crippen molar-refractivity contribution in [2.45, 2.75) is 6.92 Å². The van der Waals surface area contributed by atoms with Crippen LogP contribution in [-0.2, 0) is 0 Å². The van der Waals surface area contributed by atoms with E-state index in [0.717, 1.165) is 17.8 Å². The molecule has 0 bridgehead atoms. The molecule has 18 heavy (non-hydrogen) atoms. The van der Waals surface area contributed by atoms with Crippen molar-refractivity contribution in [3.05, 3.63) is 35.9 Å². The first-order valence-corrected chi connectivity index (χ1v) is 5.99. The van der Waals surface area contributed by atoms with Crippen molar-refractivity contribution in [1.29, 1.82) is 0 Å². The van der Waals surface area contributed by atoms with Gasteiger partial charge in [-0.3, -0.25) is 4.79 Å². The zero-order valence-corrected chi connectivity index (χ0v) is 10.8. The molecule has 0 saturated heterocycles. The van der Waals surface area contributed by atoms with Crippen LogP contribution in [0.15, 0.2) is 30.4 Å². The molecule has 4 nitrogen and oxygen atoms in total. The molecule has 1 amide bonds. The number of amides is 1. The Labute approximate surface area is 107 Å². The Morgan fingerprint density at radius 3 is 3.06 bits per heavy atom. The summed E-state index contributed by atoms with van der Waals surface area (Å²) in [6.07, 6.45) is 0. The maximum Gasteiger partial charge on any atom is 0.257 e. The third kappa shape index (κ3) is 2.47. The minimum absolute atomic E-state index is 0.0430. The number of ether oxygens (including phenoxy) is 1. The first-order chi connectivity index (χ1) is 8.59. The van der Waals surface area contributed by atoms with Gasteiger partial charge in [0.15, 0.2) is 5.75 Å². The number of fused-ring (bicyclic) bond motifs is 1. The van der Waals surface area contributed by atoms with E-state index in [2.05, 4.69) is 11.9 Å². The highest BCUT2D eigenvalue weighted by Crippen LogP contribution is 2.31. The molecule has 2 rings (SSSR count). The van der Waals surface area contributed by atoms with E-state index in [-0.39, 0.29) is 5.91 Å². The Balaban J connectivity index is 2.27. The normalized spacial score (nSPS) is 13.0. The van der Waals surface area contributed by atoms with Crippen LogP contribution in [0, 0.1) is 0 Å². The van der Waals surface area contributed by atoms with E-state index < -0.39 is 0 Å². The van der Waals surface area contributed by atoms with Gasteiger partial charge in [0, 0.05) is 20.1 Å². The number of likely N-dealkylation sites (N-methyl/N-ethyl adjacent to an activating group) is 1. The Hall–Kier alpha value is -1.97. The second-order valence-corrected chi connectivity index (χ2v) is 4.58. The van der Waals surface area contributed by atoms with E-state index in [4.69, 9.17) is 4.74 Å². The van der Waals surface area contributed by atoms with Gasteiger partial charge in [-0.2, -0.15) is 0 Å². The lowest BCUT2D eigenvalue weighted by Gasteiger charge is -2.24. The van der Waals surface area contributed by atoms with Crippen molar-refractivity contribution in [1.82, 2.24) is 4.90 Å². The minimum Gasteiger partial charge on any atom is -0.489 e. The lowest BCUT2D eigenvalue weighted by Crippen LogP contribution is -2.29. The molecule has 4 heteroatoms. The number of benzene rings is 1. The second-order valence-electron chi connectivity index (χ2n) is 4.58. The summed E-state index contributed by atoms with van der Waals surface area (Å²) in [5.74, 6) is 0.612. The number of rotatable bonds is 3. The number of carbonyl (C=O) groups is 1. The van der Waals surface area contributed by atoms with E-state index in [1.165, 1.54) is 0 Å². The minimum atomic E-state index is -0.0430. The summed E-state index contributed by atoms with van der Waals surface area (Å²) in [5.41, 5.74) is 2.44. The fourth-order valence-electron chi connectivity index (χ4n) is 2.02. The molecular formula is C14H18N2O2. The predicted molar refractivity (Wildman–Crippen MR) is 72.2 cm³/mol. The van der Waals surface area contributed by atoms with E-state index >= 15 is 0 Å². The van der Waals surface area contributed by atoms with Gasteiger partial charge in [0.2, 0.25) is 0 Å². The van der Waals surface area contributed by atoms with Gasteiger partial charge in [0.1, 0.15) is 6.61 Å². The van der Waals surface area contributed by atoms with Crippen molar-refractivity contribution in [3.8, 4) is 5.75 Å². The van der Waals surface area contributed by atoms with E-state index in [9.17, 15) is 4.79 Å². The Kier molecular flexibility index (Phi) is 3.55. The zero-order chi connectivity index (χ0) is 13.1. The number of hydrogen-bond acceptors (Lipinski definition) is 3. The predicted octanol–water partition coefficient (Wildman–Crippen LogP) is 2.14. The van der Waals surface area contributed by atoms with Gasteiger partial charge >= 0.3 is 0 Å². The summed E-state index contributed by atoms with van der Waals surface area (Å²) in [6, 6.07) is 5.58. The monoisotopic (exact) mass is 246 g/mol. The summed E-state index contributed by atoms with van der Waals surface area (Å²) in [7, 11) is 1.77. The summed E-state index contributed by atoms with van der Waals surface area (Å²) in [5, 5.41) is 3.22. The van der Waals surface area contributed by atoms with Gasteiger partial charge in [-0.05, 0) is 19.1 Å². The van der Waals surface area contributed by atoms with Crippen molar-refractivity contribution < 1.29 is 9.53 Å². The van der Waals surface area contributed by atoms with Crippen LogP contribution in [0.3, 0.4) is 0 Å². The van der Waals surface area contributed by atoms with Gasteiger partial charge in [-0.1, -0.05) is 18.2 Å². The number of nitrogens with one attached hydrogen (secondary N) is 1. The number of nitrogens with zero attached hydrogens (tertiary/aromatic N) is 1. The maximum atomic E-state index is 12.3. The Morgan fingerprint density at radius 2 is 2.33 bits per heavy atom. The molecule has 1 aromatic carbocycles. The number of para-hydroxylation sites is 1. The molecule has 0 spiro atoms. The highest BCUT2D eigenvalue weighted by Gasteiger charge is 2.21. The van der Waals surface area contributed by atoms with Crippen molar-refractivity contribution in [3.63, 3.8) is 0 Å². The quantitative estimate of drug-likeness (QED) is 0.831. The van der Waals surface area contributed by atoms with E-state index in [0.29, 0.717) is 24.5 Å². The molecule has 1 aromatic rings. The molecule has 0 saturated carbocycles. The molecule has 1 aliphatic heterocycles. The average Bonchev–Trinajstić information content (AvgIpc) is 2.36. The largest absolute Gasteiger partial charge is 0.489 e. The lowest BCUT2D eigenvalue weighted by molar-refractivity contribution is 0.0802. The summed E-state index contributed by atoms with van der Waals surface area (Å²) in [6.45, 7) is 7.63. The third-order valence-electron chi connectivity index (χ3n) is 2.76. The summed E-state index contributed by atoms with van der Waals surface area (Å²) < 4.78 is 5.60. The standard InChI is InChI=1S/C14H18N2O2/c1-10(2)9-16(3)14(17)11-5-4-6-12-13(11)18-8-7-15-12/h4-6,15H,1,7-9H2,2-3H3. The van der Waals surface area contributed by atoms with Gasteiger partial charge in [-0.15, -0.1) is 0 Å². The average molecular weight is 246 g/mol. The first-order valence-electron chi connectivity index (χ1n) is 5.99. The molecule has 1 heterocycles. The van der Waals surface area contributed by atoms with Crippen LogP contribution in [0.2, 0.25) is 0 Å². The molecular weight excluding hydrogens is 228 g/mol. The van der Waals surface area contributed by atoms with Crippen molar-refractivity contribution in [2.75, 3.05) is 32.1 Å². The third-order valence-corrected chi connectivity index (χ3v) is 2.76. The fraction of sp³-hybridized carbons (Fsp3) is 0.357. The van der Waals surface area contributed by atoms with Gasteiger partial charge in [0.05, 0.1) is 11.3 Å². The Morgan fingerprint density at radius 1 is 1.56 bits per heavy atom. The number of anilines is 1. The van der Waals surface area contributed by atoms with E-state index in [1.54, 1.807) is 18.0 Å². The van der Waals surface area contributed by atoms with Crippen LogP contribution < -0.4 is 10.1 Å². The number of hydrogen-bond donors (Lipinski definition) is 1. The highest BCUT2D eigenvalue weighted by molar-refractivity contribution is 5.99. The smallest absolute Gasteiger partial charge is 0.257 e. The molecule has 0 aliphatic carbocycles. The highest BCUT2D eigenvalue weighted by atomic mass is 16.5. The lowest BCUT2D eigenvalue weighted by atomic mass is 10.1. The molecule has 0 radical (unpaired) electrons. The Bertz CT molecular complexity index is 483. The molecule has 1 N–H and O–H groups in total. The topological polar surface area (TPSA) is 41.6 Å². The fourth-order valence-corrected chi connectivity index (χ4v) is 2.02. The molecule has 1 aliphatic rings. The second kappa shape index (κ2) is 5.12. The summed E-state index contributed by atoms with van der Waals surface area (Å²) >= 11 is 0. The van der Waals surface area contributed by atoms with Gasteiger partial charge in [-0.25, -0.2) is 0 Å². The molecule has 96 valence electrons. The van der Waals surface area contributed by atoms with Crippen molar-refractivity contribution >= 4 is 11.6 Å². The van der Waals surface area contributed by atoms with E-state index in [1.807, 2.05) is 19.1 Å². The maximum absolute atomic E-state index is 12.3. The first kappa shape index (κ1) is 12.5. The molecule has 0 fully saturated rings. The van der Waals surface area contributed by atoms with Crippen LogP contribution in [0.1, 0.15) is 17.3 Å². The molecule has 0 aromatic heterocycles. The van der Waals surface area contributed by atoms with Crippen LogP contribution in [0.4, 0.5) is 5.69 Å². The van der Waals surface area contributed by atoms with Crippen LogP contribution >= 0.6 is 0 Å².